The molecule has 0 aromatic heterocycles. The van der Waals surface area contributed by atoms with Crippen LogP contribution in [0.2, 0.25) is 0 Å². The van der Waals surface area contributed by atoms with Crippen molar-refractivity contribution in [2.24, 2.45) is 0 Å². The quantitative estimate of drug-likeness (QED) is 0.748. The normalized spacial score (nSPS) is 13.3. The molecule has 0 saturated heterocycles. The van der Waals surface area contributed by atoms with E-state index in [1.165, 1.54) is 0 Å². The highest BCUT2D eigenvalue weighted by atomic mass is 19.4. The SMILES string of the molecule is C=CCCC(NCC)c1ccc(C(F)(F)F)cc1. The minimum absolute atomic E-state index is 0.0790. The van der Waals surface area contributed by atoms with Gasteiger partial charge in [0.2, 0.25) is 0 Å². The van der Waals surface area contributed by atoms with E-state index in [0.717, 1.165) is 37.1 Å². The molecule has 0 aliphatic rings. The standard InChI is InChI=1S/C14H18F3N/c1-3-5-6-13(18-4-2)11-7-9-12(10-8-11)14(15,16)17/h3,7-10,13,18H,1,4-6H2,2H3. The summed E-state index contributed by atoms with van der Waals surface area (Å²) in [4.78, 5) is 0. The summed E-state index contributed by atoms with van der Waals surface area (Å²) in [6, 6.07) is 5.43. The van der Waals surface area contributed by atoms with Crippen molar-refractivity contribution in [3.05, 3.63) is 48.0 Å². The topological polar surface area (TPSA) is 12.0 Å². The van der Waals surface area contributed by atoms with E-state index in [2.05, 4.69) is 11.9 Å². The molecule has 0 bridgehead atoms. The average molecular weight is 257 g/mol. The zero-order valence-corrected chi connectivity index (χ0v) is 10.4. The summed E-state index contributed by atoms with van der Waals surface area (Å²) in [7, 11) is 0. The lowest BCUT2D eigenvalue weighted by atomic mass is 10.0. The Morgan fingerprint density at radius 2 is 1.89 bits per heavy atom. The third-order valence-electron chi connectivity index (χ3n) is 2.75. The fourth-order valence-electron chi connectivity index (χ4n) is 1.82. The monoisotopic (exact) mass is 257 g/mol. The number of rotatable bonds is 6. The highest BCUT2D eigenvalue weighted by Crippen LogP contribution is 2.30. The van der Waals surface area contributed by atoms with Gasteiger partial charge in [-0.25, -0.2) is 0 Å². The summed E-state index contributed by atoms with van der Waals surface area (Å²) in [5, 5.41) is 3.26. The largest absolute Gasteiger partial charge is 0.416 e. The first-order valence-electron chi connectivity index (χ1n) is 6.00. The van der Waals surface area contributed by atoms with Crippen molar-refractivity contribution in [3.63, 3.8) is 0 Å². The first kappa shape index (κ1) is 14.8. The lowest BCUT2D eigenvalue weighted by Gasteiger charge is -2.18. The summed E-state index contributed by atoms with van der Waals surface area (Å²) in [5.41, 5.74) is 0.275. The molecule has 0 amide bonds. The number of hydrogen-bond acceptors (Lipinski definition) is 1. The minimum atomic E-state index is -4.27. The zero-order valence-electron chi connectivity index (χ0n) is 10.4. The summed E-state index contributed by atoms with van der Waals surface area (Å²) in [6.45, 7) is 6.41. The Labute approximate surface area is 106 Å². The molecule has 1 N–H and O–H groups in total. The number of hydrogen-bond donors (Lipinski definition) is 1. The van der Waals surface area contributed by atoms with Crippen LogP contribution in [0, 0.1) is 0 Å². The van der Waals surface area contributed by atoms with Crippen molar-refractivity contribution in [3.8, 4) is 0 Å². The van der Waals surface area contributed by atoms with E-state index in [4.69, 9.17) is 0 Å². The van der Waals surface area contributed by atoms with Crippen LogP contribution in [0.4, 0.5) is 13.2 Å². The Morgan fingerprint density at radius 3 is 2.33 bits per heavy atom. The van der Waals surface area contributed by atoms with Gasteiger partial charge in [-0.15, -0.1) is 6.58 Å². The van der Waals surface area contributed by atoms with Crippen LogP contribution in [-0.2, 0) is 6.18 Å². The molecule has 1 nitrogen and oxygen atoms in total. The van der Waals surface area contributed by atoms with Crippen LogP contribution in [0.5, 0.6) is 0 Å². The lowest BCUT2D eigenvalue weighted by molar-refractivity contribution is -0.137. The van der Waals surface area contributed by atoms with Crippen molar-refractivity contribution in [2.75, 3.05) is 6.54 Å². The molecular weight excluding hydrogens is 239 g/mol. The third-order valence-corrected chi connectivity index (χ3v) is 2.75. The molecule has 0 fully saturated rings. The Morgan fingerprint density at radius 1 is 1.28 bits per heavy atom. The summed E-state index contributed by atoms with van der Waals surface area (Å²) >= 11 is 0. The first-order chi connectivity index (χ1) is 8.49. The van der Waals surface area contributed by atoms with Crippen LogP contribution in [0.1, 0.15) is 36.9 Å². The van der Waals surface area contributed by atoms with Crippen LogP contribution >= 0.6 is 0 Å². The van der Waals surface area contributed by atoms with E-state index >= 15 is 0 Å². The maximum Gasteiger partial charge on any atom is 0.416 e. The Hall–Kier alpha value is -1.29. The van der Waals surface area contributed by atoms with Gasteiger partial charge in [0.25, 0.3) is 0 Å². The maximum atomic E-state index is 12.4. The summed E-state index contributed by atoms with van der Waals surface area (Å²) < 4.78 is 37.3. The molecule has 100 valence electrons. The molecule has 0 saturated carbocycles. The molecule has 4 heteroatoms. The second-order valence-electron chi connectivity index (χ2n) is 4.10. The molecule has 0 aliphatic heterocycles. The van der Waals surface area contributed by atoms with Crippen LogP contribution < -0.4 is 5.32 Å². The Bertz CT molecular complexity index is 368. The molecule has 1 rings (SSSR count). The first-order valence-corrected chi connectivity index (χ1v) is 6.00. The zero-order chi connectivity index (χ0) is 13.6. The maximum absolute atomic E-state index is 12.4. The van der Waals surface area contributed by atoms with Gasteiger partial charge in [0.15, 0.2) is 0 Å². The lowest BCUT2D eigenvalue weighted by Crippen LogP contribution is -2.20. The Balaban J connectivity index is 2.82. The fraction of sp³-hybridized carbons (Fsp3) is 0.429. The smallest absolute Gasteiger partial charge is 0.310 e. The molecule has 1 atom stereocenters. The van der Waals surface area contributed by atoms with Crippen LogP contribution in [0.3, 0.4) is 0 Å². The van der Waals surface area contributed by atoms with Gasteiger partial charge in [-0.2, -0.15) is 13.2 Å². The third kappa shape index (κ3) is 4.18. The molecule has 0 radical (unpaired) electrons. The average Bonchev–Trinajstić information content (AvgIpc) is 2.33. The molecule has 0 heterocycles. The second-order valence-corrected chi connectivity index (χ2v) is 4.10. The Kier molecular flexibility index (Phi) is 5.41. The molecule has 1 unspecified atom stereocenters. The highest BCUT2D eigenvalue weighted by Gasteiger charge is 2.30. The fourth-order valence-corrected chi connectivity index (χ4v) is 1.82. The summed E-state index contributed by atoms with van der Waals surface area (Å²) in [6.07, 6.45) is -0.789. The molecule has 0 spiro atoms. The summed E-state index contributed by atoms with van der Waals surface area (Å²) in [5.74, 6) is 0. The highest BCUT2D eigenvalue weighted by molar-refractivity contribution is 5.26. The van der Waals surface area contributed by atoms with Crippen molar-refractivity contribution >= 4 is 0 Å². The number of alkyl halides is 3. The van der Waals surface area contributed by atoms with Crippen LogP contribution in [0.25, 0.3) is 0 Å². The number of benzene rings is 1. The van der Waals surface area contributed by atoms with Gasteiger partial charge >= 0.3 is 6.18 Å². The van der Waals surface area contributed by atoms with E-state index < -0.39 is 11.7 Å². The van der Waals surface area contributed by atoms with Crippen molar-refractivity contribution in [1.82, 2.24) is 5.32 Å². The van der Waals surface area contributed by atoms with Crippen molar-refractivity contribution < 1.29 is 13.2 Å². The van der Waals surface area contributed by atoms with Gasteiger partial charge < -0.3 is 5.32 Å². The number of allylic oxidation sites excluding steroid dienone is 1. The predicted molar refractivity (Wildman–Crippen MR) is 67.3 cm³/mol. The van der Waals surface area contributed by atoms with E-state index in [1.807, 2.05) is 13.0 Å². The van der Waals surface area contributed by atoms with Crippen LogP contribution in [-0.4, -0.2) is 6.54 Å². The van der Waals surface area contributed by atoms with E-state index in [0.29, 0.717) is 0 Å². The van der Waals surface area contributed by atoms with E-state index in [-0.39, 0.29) is 6.04 Å². The van der Waals surface area contributed by atoms with Crippen LogP contribution in [0.15, 0.2) is 36.9 Å². The van der Waals surface area contributed by atoms with E-state index in [9.17, 15) is 13.2 Å². The molecule has 1 aromatic carbocycles. The van der Waals surface area contributed by atoms with E-state index in [1.54, 1.807) is 12.1 Å². The van der Waals surface area contributed by atoms with Gasteiger partial charge in [0.1, 0.15) is 0 Å². The number of nitrogens with one attached hydrogen (secondary N) is 1. The minimum Gasteiger partial charge on any atom is -0.310 e. The van der Waals surface area contributed by atoms with Gasteiger partial charge in [-0.3, -0.25) is 0 Å². The second kappa shape index (κ2) is 6.59. The van der Waals surface area contributed by atoms with Gasteiger partial charge in [0, 0.05) is 6.04 Å². The van der Waals surface area contributed by atoms with Crippen molar-refractivity contribution in [1.29, 1.82) is 0 Å². The molecule has 1 aromatic rings. The predicted octanol–water partition coefficient (Wildman–Crippen LogP) is 4.32. The van der Waals surface area contributed by atoms with Gasteiger partial charge in [-0.05, 0) is 37.1 Å². The van der Waals surface area contributed by atoms with Gasteiger partial charge in [0.05, 0.1) is 5.56 Å². The molecule has 0 aliphatic carbocycles. The van der Waals surface area contributed by atoms with Crippen molar-refractivity contribution in [2.45, 2.75) is 32.0 Å². The molecular formula is C14H18F3N. The molecule has 18 heavy (non-hydrogen) atoms. The number of halogens is 3. The van der Waals surface area contributed by atoms with Gasteiger partial charge in [-0.1, -0.05) is 25.1 Å².